The molecule has 1 aromatic carbocycles. The lowest BCUT2D eigenvalue weighted by Gasteiger charge is -2.21. The highest BCUT2D eigenvalue weighted by Crippen LogP contribution is 2.33. The summed E-state index contributed by atoms with van der Waals surface area (Å²) in [5.74, 6) is -1.56. The maximum absolute atomic E-state index is 13.1. The molecular formula is C14H18F2O. The van der Waals surface area contributed by atoms with Crippen molar-refractivity contribution in [2.75, 3.05) is 0 Å². The maximum atomic E-state index is 13.1. The van der Waals surface area contributed by atoms with Crippen LogP contribution in [0.4, 0.5) is 8.78 Å². The highest BCUT2D eigenvalue weighted by atomic mass is 19.2. The van der Waals surface area contributed by atoms with Gasteiger partial charge in [-0.2, -0.15) is 0 Å². The summed E-state index contributed by atoms with van der Waals surface area (Å²) in [5.41, 5.74) is 0.496. The number of benzene rings is 1. The lowest BCUT2D eigenvalue weighted by Crippen LogP contribution is -2.12. The average Bonchev–Trinajstić information content (AvgIpc) is 2.60. The summed E-state index contributed by atoms with van der Waals surface area (Å²) in [6, 6.07) is 3.68. The zero-order valence-corrected chi connectivity index (χ0v) is 9.83. The first-order chi connectivity index (χ1) is 8.18. The van der Waals surface area contributed by atoms with Crippen LogP contribution >= 0.6 is 0 Å². The summed E-state index contributed by atoms with van der Waals surface area (Å²) in [7, 11) is 0. The molecular weight excluding hydrogens is 222 g/mol. The molecule has 0 heterocycles. The molecule has 1 aliphatic carbocycles. The number of hydrogen-bond acceptors (Lipinski definition) is 1. The molecule has 2 rings (SSSR count). The zero-order valence-electron chi connectivity index (χ0n) is 9.83. The van der Waals surface area contributed by atoms with Gasteiger partial charge in [0.15, 0.2) is 11.6 Å². The second kappa shape index (κ2) is 5.58. The smallest absolute Gasteiger partial charge is 0.159 e. The van der Waals surface area contributed by atoms with Crippen LogP contribution in [0.15, 0.2) is 18.2 Å². The predicted octanol–water partition coefficient (Wildman–Crippen LogP) is 3.97. The molecule has 17 heavy (non-hydrogen) atoms. The summed E-state index contributed by atoms with van der Waals surface area (Å²) in [6.07, 6.45) is 5.93. The second-order valence-electron chi connectivity index (χ2n) is 4.87. The Labute approximate surface area is 100 Å². The van der Waals surface area contributed by atoms with Gasteiger partial charge in [0.05, 0.1) is 6.10 Å². The van der Waals surface area contributed by atoms with Gasteiger partial charge in [0.2, 0.25) is 0 Å². The van der Waals surface area contributed by atoms with Gasteiger partial charge in [-0.3, -0.25) is 0 Å². The van der Waals surface area contributed by atoms with Crippen LogP contribution in [0.25, 0.3) is 0 Å². The molecule has 1 aliphatic rings. The van der Waals surface area contributed by atoms with E-state index in [2.05, 4.69) is 0 Å². The Kier molecular flexibility index (Phi) is 4.11. The largest absolute Gasteiger partial charge is 0.388 e. The van der Waals surface area contributed by atoms with Crippen molar-refractivity contribution >= 4 is 0 Å². The van der Waals surface area contributed by atoms with E-state index < -0.39 is 17.7 Å². The van der Waals surface area contributed by atoms with E-state index in [4.69, 9.17) is 0 Å². The Bertz CT molecular complexity index is 370. The number of aliphatic hydroxyl groups is 1. The Morgan fingerprint density at radius 2 is 1.65 bits per heavy atom. The monoisotopic (exact) mass is 240 g/mol. The van der Waals surface area contributed by atoms with Crippen molar-refractivity contribution in [2.45, 2.75) is 44.6 Å². The van der Waals surface area contributed by atoms with Crippen molar-refractivity contribution in [3.8, 4) is 0 Å². The second-order valence-corrected chi connectivity index (χ2v) is 4.87. The van der Waals surface area contributed by atoms with E-state index in [-0.39, 0.29) is 5.92 Å². The van der Waals surface area contributed by atoms with E-state index in [1.54, 1.807) is 0 Å². The molecule has 1 fully saturated rings. The standard InChI is InChI=1S/C14H18F2O/c15-12-8-7-11(9-13(12)16)14(17)10-5-3-1-2-4-6-10/h7-10,14,17H,1-6H2. The van der Waals surface area contributed by atoms with Crippen LogP contribution in [0.1, 0.15) is 50.2 Å². The molecule has 1 aromatic rings. The zero-order chi connectivity index (χ0) is 12.3. The van der Waals surface area contributed by atoms with Crippen molar-refractivity contribution in [3.05, 3.63) is 35.4 Å². The number of halogens is 2. The third-order valence-corrected chi connectivity index (χ3v) is 3.63. The van der Waals surface area contributed by atoms with Crippen LogP contribution in [0.2, 0.25) is 0 Å². The molecule has 1 saturated carbocycles. The molecule has 0 aromatic heterocycles. The van der Waals surface area contributed by atoms with E-state index in [0.29, 0.717) is 5.56 Å². The average molecular weight is 240 g/mol. The van der Waals surface area contributed by atoms with Crippen molar-refractivity contribution in [2.24, 2.45) is 5.92 Å². The van der Waals surface area contributed by atoms with Gasteiger partial charge in [0, 0.05) is 0 Å². The van der Waals surface area contributed by atoms with Gasteiger partial charge in [0.1, 0.15) is 0 Å². The predicted molar refractivity (Wildman–Crippen MR) is 62.5 cm³/mol. The maximum Gasteiger partial charge on any atom is 0.159 e. The van der Waals surface area contributed by atoms with Crippen molar-refractivity contribution < 1.29 is 13.9 Å². The minimum atomic E-state index is -0.879. The molecule has 0 radical (unpaired) electrons. The van der Waals surface area contributed by atoms with E-state index in [9.17, 15) is 13.9 Å². The number of rotatable bonds is 2. The van der Waals surface area contributed by atoms with Crippen LogP contribution < -0.4 is 0 Å². The third-order valence-electron chi connectivity index (χ3n) is 3.63. The summed E-state index contributed by atoms with van der Waals surface area (Å²) in [6.45, 7) is 0. The van der Waals surface area contributed by atoms with E-state index in [1.807, 2.05) is 0 Å². The molecule has 3 heteroatoms. The fraction of sp³-hybridized carbons (Fsp3) is 0.571. The van der Waals surface area contributed by atoms with Gasteiger partial charge in [-0.15, -0.1) is 0 Å². The van der Waals surface area contributed by atoms with Crippen LogP contribution in [0.3, 0.4) is 0 Å². The van der Waals surface area contributed by atoms with Crippen LogP contribution in [0, 0.1) is 17.6 Å². The van der Waals surface area contributed by atoms with Crippen LogP contribution in [-0.2, 0) is 0 Å². The molecule has 0 spiro atoms. The number of hydrogen-bond donors (Lipinski definition) is 1. The Morgan fingerprint density at radius 3 is 2.24 bits per heavy atom. The molecule has 94 valence electrons. The minimum absolute atomic E-state index is 0.183. The lowest BCUT2D eigenvalue weighted by molar-refractivity contribution is 0.0983. The quantitative estimate of drug-likeness (QED) is 0.775. The molecule has 0 saturated heterocycles. The van der Waals surface area contributed by atoms with Crippen molar-refractivity contribution in [3.63, 3.8) is 0 Å². The van der Waals surface area contributed by atoms with Gasteiger partial charge >= 0.3 is 0 Å². The molecule has 0 bridgehead atoms. The minimum Gasteiger partial charge on any atom is -0.388 e. The fourth-order valence-electron chi connectivity index (χ4n) is 2.60. The Morgan fingerprint density at radius 1 is 1.00 bits per heavy atom. The van der Waals surface area contributed by atoms with Crippen LogP contribution in [0.5, 0.6) is 0 Å². The van der Waals surface area contributed by atoms with E-state index >= 15 is 0 Å². The van der Waals surface area contributed by atoms with Crippen molar-refractivity contribution in [1.82, 2.24) is 0 Å². The Balaban J connectivity index is 2.11. The summed E-state index contributed by atoms with van der Waals surface area (Å²) in [5, 5.41) is 10.2. The first-order valence-corrected chi connectivity index (χ1v) is 6.31. The molecule has 0 aliphatic heterocycles. The van der Waals surface area contributed by atoms with Crippen molar-refractivity contribution in [1.29, 1.82) is 0 Å². The topological polar surface area (TPSA) is 20.2 Å². The molecule has 0 amide bonds. The number of aliphatic hydroxyl groups excluding tert-OH is 1. The normalized spacial score (nSPS) is 19.9. The first-order valence-electron chi connectivity index (χ1n) is 6.31. The Hall–Kier alpha value is -0.960. The van der Waals surface area contributed by atoms with Gasteiger partial charge < -0.3 is 5.11 Å². The van der Waals surface area contributed by atoms with Crippen LogP contribution in [-0.4, -0.2) is 5.11 Å². The van der Waals surface area contributed by atoms with Gasteiger partial charge in [0.25, 0.3) is 0 Å². The van der Waals surface area contributed by atoms with Gasteiger partial charge in [-0.25, -0.2) is 8.78 Å². The van der Waals surface area contributed by atoms with Gasteiger partial charge in [-0.05, 0) is 36.5 Å². The first kappa shape index (κ1) is 12.5. The molecule has 1 N–H and O–H groups in total. The highest BCUT2D eigenvalue weighted by molar-refractivity contribution is 5.20. The third kappa shape index (κ3) is 3.03. The van der Waals surface area contributed by atoms with E-state index in [1.165, 1.54) is 18.9 Å². The SMILES string of the molecule is OC(c1ccc(F)c(F)c1)C1CCCCCC1. The fourth-order valence-corrected chi connectivity index (χ4v) is 2.60. The molecule has 1 atom stereocenters. The summed E-state index contributed by atoms with van der Waals surface area (Å²) >= 11 is 0. The lowest BCUT2D eigenvalue weighted by atomic mass is 9.89. The summed E-state index contributed by atoms with van der Waals surface area (Å²) < 4.78 is 25.9. The van der Waals surface area contributed by atoms with E-state index in [0.717, 1.165) is 37.8 Å². The van der Waals surface area contributed by atoms with Gasteiger partial charge in [-0.1, -0.05) is 31.7 Å². The summed E-state index contributed by atoms with van der Waals surface area (Å²) in [4.78, 5) is 0. The highest BCUT2D eigenvalue weighted by Gasteiger charge is 2.22. The molecule has 1 nitrogen and oxygen atoms in total. The molecule has 1 unspecified atom stereocenters.